The second-order valence-electron chi connectivity index (χ2n) is 5.46. The first kappa shape index (κ1) is 15.4. The van der Waals surface area contributed by atoms with Crippen molar-refractivity contribution in [3.05, 3.63) is 77.4 Å². The van der Waals surface area contributed by atoms with Crippen LogP contribution in [-0.2, 0) is 6.61 Å². The van der Waals surface area contributed by atoms with E-state index in [1.165, 1.54) is 11.3 Å². The maximum atomic E-state index is 11.6. The number of hydrogen-bond acceptors (Lipinski definition) is 4. The Morgan fingerprint density at radius 1 is 1.16 bits per heavy atom. The number of ether oxygens (including phenoxy) is 1. The summed E-state index contributed by atoms with van der Waals surface area (Å²) in [7, 11) is 0. The average Bonchev–Trinajstić information content (AvgIpc) is 3.25. The number of pyridine rings is 1. The quantitative estimate of drug-likeness (QED) is 0.581. The predicted octanol–water partition coefficient (Wildman–Crippen LogP) is 4.34. The molecule has 1 aromatic carbocycles. The SMILES string of the molecule is O=C(O)c1sc(-c2cnc3ccccn23)cc1OCc1ccccc1. The van der Waals surface area contributed by atoms with Crippen LogP contribution in [0.25, 0.3) is 16.2 Å². The minimum absolute atomic E-state index is 0.191. The van der Waals surface area contributed by atoms with Crippen molar-refractivity contribution >= 4 is 23.0 Å². The molecule has 0 aliphatic rings. The number of imidazole rings is 1. The third-order valence-corrected chi connectivity index (χ3v) is 4.93. The summed E-state index contributed by atoms with van der Waals surface area (Å²) in [5.41, 5.74) is 2.65. The third kappa shape index (κ3) is 2.99. The zero-order chi connectivity index (χ0) is 17.2. The van der Waals surface area contributed by atoms with Gasteiger partial charge in [0.25, 0.3) is 0 Å². The van der Waals surface area contributed by atoms with Crippen LogP contribution in [-0.4, -0.2) is 20.5 Å². The van der Waals surface area contributed by atoms with Gasteiger partial charge in [-0.3, -0.25) is 4.40 Å². The lowest BCUT2D eigenvalue weighted by Crippen LogP contribution is -1.99. The van der Waals surface area contributed by atoms with Crippen LogP contribution < -0.4 is 4.74 Å². The summed E-state index contributed by atoms with van der Waals surface area (Å²) in [6.07, 6.45) is 3.65. The van der Waals surface area contributed by atoms with Crippen molar-refractivity contribution < 1.29 is 14.6 Å². The largest absolute Gasteiger partial charge is 0.487 e. The van der Waals surface area contributed by atoms with Gasteiger partial charge in [-0.25, -0.2) is 9.78 Å². The van der Waals surface area contributed by atoms with Crippen molar-refractivity contribution in [2.24, 2.45) is 0 Å². The number of aromatic carboxylic acids is 1. The highest BCUT2D eigenvalue weighted by molar-refractivity contribution is 7.17. The molecule has 0 amide bonds. The number of carbonyl (C=O) groups is 1. The third-order valence-electron chi connectivity index (χ3n) is 3.80. The van der Waals surface area contributed by atoms with Crippen molar-refractivity contribution in [3.8, 4) is 16.3 Å². The molecule has 6 heteroatoms. The van der Waals surface area contributed by atoms with Crippen LogP contribution in [0, 0.1) is 0 Å². The monoisotopic (exact) mass is 350 g/mol. The Labute approximate surface area is 147 Å². The highest BCUT2D eigenvalue weighted by Gasteiger charge is 2.19. The van der Waals surface area contributed by atoms with Crippen LogP contribution in [0.15, 0.2) is 67.0 Å². The number of fused-ring (bicyclic) bond motifs is 1. The Kier molecular flexibility index (Phi) is 3.95. The first-order chi connectivity index (χ1) is 12.2. The maximum absolute atomic E-state index is 11.6. The van der Waals surface area contributed by atoms with Gasteiger partial charge in [0.2, 0.25) is 0 Å². The average molecular weight is 350 g/mol. The van der Waals surface area contributed by atoms with E-state index in [9.17, 15) is 9.90 Å². The summed E-state index contributed by atoms with van der Waals surface area (Å²) in [4.78, 5) is 16.9. The summed E-state index contributed by atoms with van der Waals surface area (Å²) in [6, 6.07) is 17.2. The molecule has 0 aliphatic carbocycles. The molecule has 4 rings (SSSR count). The maximum Gasteiger partial charge on any atom is 0.349 e. The van der Waals surface area contributed by atoms with Gasteiger partial charge in [0, 0.05) is 12.3 Å². The minimum Gasteiger partial charge on any atom is -0.487 e. The number of hydrogen-bond donors (Lipinski definition) is 1. The number of rotatable bonds is 5. The van der Waals surface area contributed by atoms with E-state index in [-0.39, 0.29) is 4.88 Å². The van der Waals surface area contributed by atoms with Crippen molar-refractivity contribution in [3.63, 3.8) is 0 Å². The molecular formula is C19H14N2O3S. The van der Waals surface area contributed by atoms with Crippen molar-refractivity contribution in [2.45, 2.75) is 6.61 Å². The second kappa shape index (κ2) is 6.41. The molecule has 124 valence electrons. The Hall–Kier alpha value is -3.12. The molecule has 0 spiro atoms. The van der Waals surface area contributed by atoms with E-state index in [2.05, 4.69) is 4.98 Å². The highest BCUT2D eigenvalue weighted by atomic mass is 32.1. The van der Waals surface area contributed by atoms with Crippen molar-refractivity contribution in [2.75, 3.05) is 0 Å². The number of aromatic nitrogens is 2. The molecule has 25 heavy (non-hydrogen) atoms. The Morgan fingerprint density at radius 3 is 2.76 bits per heavy atom. The van der Waals surface area contributed by atoms with Gasteiger partial charge < -0.3 is 9.84 Å². The molecule has 0 aliphatic heterocycles. The van der Waals surface area contributed by atoms with E-state index >= 15 is 0 Å². The zero-order valence-corrected chi connectivity index (χ0v) is 13.9. The van der Waals surface area contributed by atoms with Crippen molar-refractivity contribution in [1.29, 1.82) is 0 Å². The van der Waals surface area contributed by atoms with Gasteiger partial charge in [0.1, 0.15) is 18.0 Å². The van der Waals surface area contributed by atoms with E-state index in [4.69, 9.17) is 4.74 Å². The van der Waals surface area contributed by atoms with Gasteiger partial charge in [-0.05, 0) is 17.7 Å². The topological polar surface area (TPSA) is 63.8 Å². The second-order valence-corrected chi connectivity index (χ2v) is 6.51. The lowest BCUT2D eigenvalue weighted by Gasteiger charge is -2.05. The van der Waals surface area contributed by atoms with E-state index < -0.39 is 5.97 Å². The standard InChI is InChI=1S/C19H14N2O3S/c22-19(23)18-15(24-12-13-6-2-1-3-7-13)10-16(25-18)14-11-20-17-8-4-5-9-21(14)17/h1-11H,12H2,(H,22,23). The Morgan fingerprint density at radius 2 is 1.96 bits per heavy atom. The van der Waals surface area contributed by atoms with Gasteiger partial charge in [-0.15, -0.1) is 11.3 Å². The summed E-state index contributed by atoms with van der Waals surface area (Å²) >= 11 is 1.19. The van der Waals surface area contributed by atoms with Gasteiger partial charge in [-0.1, -0.05) is 36.4 Å². The number of nitrogens with zero attached hydrogens (tertiary/aromatic N) is 2. The lowest BCUT2D eigenvalue weighted by molar-refractivity contribution is 0.0697. The van der Waals surface area contributed by atoms with Crippen LogP contribution >= 0.6 is 11.3 Å². The molecule has 0 unspecified atom stereocenters. The molecule has 4 aromatic rings. The molecule has 3 heterocycles. The van der Waals surface area contributed by atoms with Gasteiger partial charge in [0.15, 0.2) is 4.88 Å². The minimum atomic E-state index is -0.992. The van der Waals surface area contributed by atoms with Crippen LogP contribution in [0.1, 0.15) is 15.2 Å². The van der Waals surface area contributed by atoms with Crippen LogP contribution in [0.2, 0.25) is 0 Å². The molecule has 0 radical (unpaired) electrons. The lowest BCUT2D eigenvalue weighted by atomic mass is 10.2. The van der Waals surface area contributed by atoms with Crippen molar-refractivity contribution in [1.82, 2.24) is 9.38 Å². The number of carboxylic acids is 1. The molecule has 0 saturated heterocycles. The van der Waals surface area contributed by atoms with E-state index in [0.29, 0.717) is 12.4 Å². The van der Waals surface area contributed by atoms with Crippen LogP contribution in [0.5, 0.6) is 5.75 Å². The fraction of sp³-hybridized carbons (Fsp3) is 0.0526. The summed E-state index contributed by atoms with van der Waals surface area (Å²) in [5.74, 6) is -0.615. The fourth-order valence-corrected chi connectivity index (χ4v) is 3.55. The molecule has 0 bridgehead atoms. The highest BCUT2D eigenvalue weighted by Crippen LogP contribution is 2.37. The normalized spacial score (nSPS) is 10.9. The molecule has 0 saturated carbocycles. The van der Waals surface area contributed by atoms with Gasteiger partial charge in [0.05, 0.1) is 16.8 Å². The molecule has 1 N–H and O–H groups in total. The smallest absolute Gasteiger partial charge is 0.349 e. The predicted molar refractivity (Wildman–Crippen MR) is 96.2 cm³/mol. The molecule has 0 fully saturated rings. The van der Waals surface area contributed by atoms with E-state index in [0.717, 1.165) is 21.8 Å². The van der Waals surface area contributed by atoms with E-state index in [1.807, 2.05) is 59.1 Å². The van der Waals surface area contributed by atoms with E-state index in [1.54, 1.807) is 12.3 Å². The summed E-state index contributed by atoms with van der Waals surface area (Å²) < 4.78 is 7.70. The van der Waals surface area contributed by atoms with Crippen LogP contribution in [0.3, 0.4) is 0 Å². The molecule has 0 atom stereocenters. The number of thiophene rings is 1. The number of carboxylic acid groups (broad SMARTS) is 1. The summed E-state index contributed by atoms with van der Waals surface area (Å²) in [6.45, 7) is 0.324. The molecular weight excluding hydrogens is 336 g/mol. The Bertz CT molecular complexity index is 1040. The summed E-state index contributed by atoms with van der Waals surface area (Å²) in [5, 5.41) is 9.49. The first-order valence-corrected chi connectivity index (χ1v) is 8.50. The molecule has 5 nitrogen and oxygen atoms in total. The fourth-order valence-electron chi connectivity index (χ4n) is 2.61. The van der Waals surface area contributed by atoms with Crippen LogP contribution in [0.4, 0.5) is 0 Å². The first-order valence-electron chi connectivity index (χ1n) is 7.68. The molecule has 3 aromatic heterocycles. The van der Waals surface area contributed by atoms with Gasteiger partial charge >= 0.3 is 5.97 Å². The van der Waals surface area contributed by atoms with Gasteiger partial charge in [-0.2, -0.15) is 0 Å². The Balaban J connectivity index is 1.69. The zero-order valence-electron chi connectivity index (χ0n) is 13.1. The number of benzene rings is 1.